The quantitative estimate of drug-likeness (QED) is 0.644. The van der Waals surface area contributed by atoms with Gasteiger partial charge in [-0.05, 0) is 43.4 Å². The van der Waals surface area contributed by atoms with Crippen molar-refractivity contribution < 1.29 is 18.0 Å². The van der Waals surface area contributed by atoms with E-state index in [1.807, 2.05) is 4.90 Å². The molecule has 1 saturated heterocycles. The van der Waals surface area contributed by atoms with E-state index in [-0.39, 0.29) is 5.91 Å². The highest BCUT2D eigenvalue weighted by atomic mass is 32.1. The Labute approximate surface area is 195 Å². The number of carbonyl (C=O) groups is 1. The SMILES string of the molecule is N#Cc1c(NC(=O)CCN2CCN(c3ccc(C(F)(F)F)cn3)CC2)sc2c1CCCCC2. The molecule has 2 aromatic rings. The highest BCUT2D eigenvalue weighted by Gasteiger charge is 2.31. The largest absolute Gasteiger partial charge is 0.417 e. The van der Waals surface area contributed by atoms with Crippen molar-refractivity contribution in [3.8, 4) is 6.07 Å². The molecule has 0 aromatic carbocycles. The number of halogens is 3. The predicted octanol–water partition coefficient (Wildman–Crippen LogP) is 4.45. The average molecular weight is 478 g/mol. The van der Waals surface area contributed by atoms with E-state index >= 15 is 0 Å². The molecule has 10 heteroatoms. The summed E-state index contributed by atoms with van der Waals surface area (Å²) in [6.45, 7) is 3.26. The number of alkyl halides is 3. The van der Waals surface area contributed by atoms with Crippen molar-refractivity contribution in [2.75, 3.05) is 42.9 Å². The number of nitrogens with zero attached hydrogens (tertiary/aromatic N) is 4. The zero-order chi connectivity index (χ0) is 23.4. The highest BCUT2D eigenvalue weighted by Crippen LogP contribution is 2.37. The van der Waals surface area contributed by atoms with E-state index in [9.17, 15) is 23.2 Å². The Hall–Kier alpha value is -2.64. The summed E-state index contributed by atoms with van der Waals surface area (Å²) < 4.78 is 38.1. The molecule has 33 heavy (non-hydrogen) atoms. The second-order valence-corrected chi connectivity index (χ2v) is 9.52. The molecule has 0 saturated carbocycles. The molecule has 3 heterocycles. The molecule has 6 nitrogen and oxygen atoms in total. The first-order valence-electron chi connectivity index (χ1n) is 11.2. The molecule has 1 fully saturated rings. The summed E-state index contributed by atoms with van der Waals surface area (Å²) in [5.41, 5.74) is 0.990. The first-order valence-corrected chi connectivity index (χ1v) is 12.0. The Kier molecular flexibility index (Phi) is 7.20. The van der Waals surface area contributed by atoms with Crippen molar-refractivity contribution >= 4 is 28.1 Å². The zero-order valence-electron chi connectivity index (χ0n) is 18.2. The minimum Gasteiger partial charge on any atom is -0.354 e. The maximum Gasteiger partial charge on any atom is 0.417 e. The van der Waals surface area contributed by atoms with Gasteiger partial charge in [0.05, 0.1) is 11.1 Å². The number of rotatable bonds is 5. The molecule has 4 rings (SSSR count). The fourth-order valence-electron chi connectivity index (χ4n) is 4.34. The number of aryl methyl sites for hydroxylation is 1. The Morgan fingerprint density at radius 2 is 1.91 bits per heavy atom. The topological polar surface area (TPSA) is 72.3 Å². The van der Waals surface area contributed by atoms with Gasteiger partial charge in [-0.15, -0.1) is 11.3 Å². The summed E-state index contributed by atoms with van der Waals surface area (Å²) in [5.74, 6) is 0.427. The molecule has 1 N–H and O–H groups in total. The standard InChI is InChI=1S/C23H26F3N5OS/c24-23(25,26)16-6-7-20(28-15-16)31-12-10-30(11-13-31)9-8-21(32)29-22-18(14-27)17-4-2-1-3-5-19(17)33-22/h6-7,15H,1-5,8-13H2,(H,29,32). The lowest BCUT2D eigenvalue weighted by Gasteiger charge is -2.35. The Morgan fingerprint density at radius 1 is 1.15 bits per heavy atom. The molecular formula is C23H26F3N5OS. The summed E-state index contributed by atoms with van der Waals surface area (Å²) in [4.78, 5) is 21.9. The normalized spacial score (nSPS) is 17.2. The number of nitriles is 1. The number of thiophene rings is 1. The van der Waals surface area contributed by atoms with E-state index in [0.717, 1.165) is 43.5 Å². The van der Waals surface area contributed by atoms with Gasteiger partial charge in [-0.25, -0.2) is 4.98 Å². The van der Waals surface area contributed by atoms with E-state index in [0.29, 0.717) is 55.5 Å². The van der Waals surface area contributed by atoms with Gasteiger partial charge in [0.2, 0.25) is 5.91 Å². The van der Waals surface area contributed by atoms with Crippen molar-refractivity contribution in [1.29, 1.82) is 5.26 Å². The number of carbonyl (C=O) groups excluding carboxylic acids is 1. The summed E-state index contributed by atoms with van der Waals surface area (Å²) in [7, 11) is 0. The van der Waals surface area contributed by atoms with Crippen molar-refractivity contribution in [1.82, 2.24) is 9.88 Å². The van der Waals surface area contributed by atoms with Crippen LogP contribution in [-0.4, -0.2) is 48.5 Å². The lowest BCUT2D eigenvalue weighted by Crippen LogP contribution is -2.47. The van der Waals surface area contributed by atoms with Crippen LogP contribution in [0.25, 0.3) is 0 Å². The van der Waals surface area contributed by atoms with Crippen LogP contribution in [0, 0.1) is 11.3 Å². The number of aromatic nitrogens is 1. The number of fused-ring (bicyclic) bond motifs is 1. The van der Waals surface area contributed by atoms with Crippen LogP contribution in [0.15, 0.2) is 18.3 Å². The lowest BCUT2D eigenvalue weighted by molar-refractivity contribution is -0.137. The fourth-order valence-corrected chi connectivity index (χ4v) is 5.60. The second-order valence-electron chi connectivity index (χ2n) is 8.41. The van der Waals surface area contributed by atoms with E-state index < -0.39 is 11.7 Å². The maximum atomic E-state index is 12.7. The van der Waals surface area contributed by atoms with Crippen molar-refractivity contribution in [3.63, 3.8) is 0 Å². The number of hydrogen-bond acceptors (Lipinski definition) is 6. The molecular weight excluding hydrogens is 451 g/mol. The van der Waals surface area contributed by atoms with E-state index in [4.69, 9.17) is 0 Å². The summed E-state index contributed by atoms with van der Waals surface area (Å²) in [6.07, 6.45) is 2.07. The van der Waals surface area contributed by atoms with Gasteiger partial charge in [0.25, 0.3) is 0 Å². The van der Waals surface area contributed by atoms with Crippen LogP contribution < -0.4 is 10.2 Å². The molecule has 2 aliphatic rings. The first-order chi connectivity index (χ1) is 15.8. The molecule has 1 aliphatic carbocycles. The van der Waals surface area contributed by atoms with Gasteiger partial charge in [-0.1, -0.05) is 6.42 Å². The van der Waals surface area contributed by atoms with Crippen LogP contribution in [0.4, 0.5) is 24.0 Å². The number of pyridine rings is 1. The molecule has 0 atom stereocenters. The second kappa shape index (κ2) is 10.1. The minimum absolute atomic E-state index is 0.102. The van der Waals surface area contributed by atoms with Crippen LogP contribution in [0.5, 0.6) is 0 Å². The van der Waals surface area contributed by atoms with Crippen LogP contribution >= 0.6 is 11.3 Å². The van der Waals surface area contributed by atoms with Crippen molar-refractivity contribution in [2.24, 2.45) is 0 Å². The van der Waals surface area contributed by atoms with Gasteiger partial charge >= 0.3 is 6.18 Å². The molecule has 176 valence electrons. The number of nitrogens with one attached hydrogen (secondary N) is 1. The monoisotopic (exact) mass is 477 g/mol. The Balaban J connectivity index is 1.26. The van der Waals surface area contributed by atoms with Crippen LogP contribution in [-0.2, 0) is 23.8 Å². The maximum absolute atomic E-state index is 12.7. The van der Waals surface area contributed by atoms with Crippen LogP contribution in [0.1, 0.15) is 47.3 Å². The zero-order valence-corrected chi connectivity index (χ0v) is 19.1. The Bertz CT molecular complexity index is 1020. The van der Waals surface area contributed by atoms with Gasteiger partial charge < -0.3 is 10.2 Å². The van der Waals surface area contributed by atoms with E-state index in [2.05, 4.69) is 21.3 Å². The molecule has 2 aromatic heterocycles. The van der Waals surface area contributed by atoms with Gasteiger partial charge in [-0.2, -0.15) is 18.4 Å². The average Bonchev–Trinajstić information content (AvgIpc) is 2.96. The van der Waals surface area contributed by atoms with Crippen LogP contribution in [0.3, 0.4) is 0 Å². The molecule has 1 amide bonds. The van der Waals surface area contributed by atoms with Gasteiger partial charge in [0.15, 0.2) is 0 Å². The van der Waals surface area contributed by atoms with E-state index in [1.165, 1.54) is 28.7 Å². The summed E-state index contributed by atoms with van der Waals surface area (Å²) in [5, 5.41) is 13.2. The van der Waals surface area contributed by atoms with Gasteiger partial charge in [-0.3, -0.25) is 9.69 Å². The number of amides is 1. The highest BCUT2D eigenvalue weighted by molar-refractivity contribution is 7.16. The molecule has 0 radical (unpaired) electrons. The van der Waals surface area contributed by atoms with Crippen LogP contribution in [0.2, 0.25) is 0 Å². The number of hydrogen-bond donors (Lipinski definition) is 1. The molecule has 1 aliphatic heterocycles. The smallest absolute Gasteiger partial charge is 0.354 e. The van der Waals surface area contributed by atoms with Crippen molar-refractivity contribution in [3.05, 3.63) is 39.9 Å². The molecule has 0 unspecified atom stereocenters. The minimum atomic E-state index is -4.39. The fraction of sp³-hybridized carbons (Fsp3) is 0.522. The molecule has 0 bridgehead atoms. The van der Waals surface area contributed by atoms with Gasteiger partial charge in [0.1, 0.15) is 16.9 Å². The van der Waals surface area contributed by atoms with E-state index in [1.54, 1.807) is 0 Å². The predicted molar refractivity (Wildman–Crippen MR) is 121 cm³/mol. The summed E-state index contributed by atoms with van der Waals surface area (Å²) >= 11 is 1.54. The number of piperazine rings is 1. The third kappa shape index (κ3) is 5.65. The third-order valence-corrected chi connectivity index (χ3v) is 7.42. The lowest BCUT2D eigenvalue weighted by atomic mass is 10.1. The van der Waals surface area contributed by atoms with Gasteiger partial charge in [0, 0.05) is 50.2 Å². The molecule has 0 spiro atoms. The van der Waals surface area contributed by atoms with Crippen molar-refractivity contribution in [2.45, 2.75) is 44.7 Å². The third-order valence-electron chi connectivity index (χ3n) is 6.21. The summed E-state index contributed by atoms with van der Waals surface area (Å²) in [6, 6.07) is 4.74. The first kappa shape index (κ1) is 23.5. The Morgan fingerprint density at radius 3 is 2.58 bits per heavy atom. The number of anilines is 2.